The zero-order valence-corrected chi connectivity index (χ0v) is 18.1. The van der Waals surface area contributed by atoms with Gasteiger partial charge in [0.25, 0.3) is 5.91 Å². The normalized spacial score (nSPS) is 11.2. The van der Waals surface area contributed by atoms with Crippen LogP contribution in [0.2, 0.25) is 0 Å². The predicted molar refractivity (Wildman–Crippen MR) is 133 cm³/mol. The molecule has 1 amide bonds. The fourth-order valence-corrected chi connectivity index (χ4v) is 3.85. The molecule has 0 fully saturated rings. The Bertz CT molecular complexity index is 1460. The van der Waals surface area contributed by atoms with Gasteiger partial charge in [-0.05, 0) is 47.0 Å². The van der Waals surface area contributed by atoms with Crippen molar-refractivity contribution in [3.8, 4) is 16.9 Å². The minimum Gasteiger partial charge on any atom is -0.265 e. The largest absolute Gasteiger partial charge is 0.291 e. The number of aromatic nitrogens is 2. The van der Waals surface area contributed by atoms with Gasteiger partial charge in [0.15, 0.2) is 5.69 Å². The highest BCUT2D eigenvalue weighted by molar-refractivity contribution is 5.99. The first-order chi connectivity index (χ1) is 16.2. The molecule has 0 spiro atoms. The third-order valence-corrected chi connectivity index (χ3v) is 5.43. The number of benzene rings is 4. The molecule has 0 saturated heterocycles. The summed E-state index contributed by atoms with van der Waals surface area (Å²) < 4.78 is 1.82. The summed E-state index contributed by atoms with van der Waals surface area (Å²) in [5, 5.41) is 11.0. The molecule has 0 aliphatic rings. The van der Waals surface area contributed by atoms with E-state index in [0.717, 1.165) is 38.8 Å². The van der Waals surface area contributed by atoms with Gasteiger partial charge in [-0.2, -0.15) is 10.2 Å². The average Bonchev–Trinajstić information content (AvgIpc) is 3.30. The van der Waals surface area contributed by atoms with E-state index < -0.39 is 0 Å². The number of hydrogen-bond donors (Lipinski definition) is 1. The van der Waals surface area contributed by atoms with E-state index in [-0.39, 0.29) is 5.91 Å². The van der Waals surface area contributed by atoms with Crippen LogP contribution >= 0.6 is 0 Å². The molecule has 0 bridgehead atoms. The minimum atomic E-state index is -0.366. The molecule has 1 N–H and O–H groups in total. The lowest BCUT2D eigenvalue weighted by Crippen LogP contribution is -2.18. The second-order valence-electron chi connectivity index (χ2n) is 7.80. The van der Waals surface area contributed by atoms with Crippen molar-refractivity contribution in [1.82, 2.24) is 15.2 Å². The van der Waals surface area contributed by atoms with Crippen LogP contribution in [0.1, 0.15) is 21.6 Å². The molecular formula is C28H22N4O. The summed E-state index contributed by atoms with van der Waals surface area (Å²) in [5.74, 6) is -0.366. The number of nitrogens with one attached hydrogen (secondary N) is 1. The van der Waals surface area contributed by atoms with Crippen molar-refractivity contribution in [2.24, 2.45) is 5.10 Å². The maximum Gasteiger partial charge on any atom is 0.291 e. The van der Waals surface area contributed by atoms with Gasteiger partial charge in [-0.15, -0.1) is 0 Å². The van der Waals surface area contributed by atoms with Crippen molar-refractivity contribution < 1.29 is 4.79 Å². The van der Waals surface area contributed by atoms with E-state index >= 15 is 0 Å². The van der Waals surface area contributed by atoms with Gasteiger partial charge in [-0.1, -0.05) is 84.9 Å². The molecule has 0 atom stereocenters. The lowest BCUT2D eigenvalue weighted by atomic mass is 10.0. The highest BCUT2D eigenvalue weighted by Gasteiger charge is 2.18. The maximum atomic E-state index is 12.9. The summed E-state index contributed by atoms with van der Waals surface area (Å²) in [7, 11) is 0. The summed E-state index contributed by atoms with van der Waals surface area (Å²) in [6.45, 7) is 2.04. The van der Waals surface area contributed by atoms with Crippen LogP contribution in [0.25, 0.3) is 27.7 Å². The molecular weight excluding hydrogens is 408 g/mol. The Morgan fingerprint density at radius 2 is 1.64 bits per heavy atom. The molecule has 5 heteroatoms. The Balaban J connectivity index is 1.56. The summed E-state index contributed by atoms with van der Waals surface area (Å²) in [4.78, 5) is 12.9. The first-order valence-corrected chi connectivity index (χ1v) is 10.7. The molecule has 0 saturated carbocycles. The minimum absolute atomic E-state index is 0.296. The molecule has 33 heavy (non-hydrogen) atoms. The van der Waals surface area contributed by atoms with Gasteiger partial charge in [0.1, 0.15) is 0 Å². The molecule has 0 aliphatic heterocycles. The number of carbonyl (C=O) groups excluding carboxylic acids is 1. The fourth-order valence-electron chi connectivity index (χ4n) is 3.85. The molecule has 5 nitrogen and oxygen atoms in total. The highest BCUT2D eigenvalue weighted by Crippen LogP contribution is 2.31. The van der Waals surface area contributed by atoms with Crippen LogP contribution in [0.5, 0.6) is 0 Å². The zero-order valence-electron chi connectivity index (χ0n) is 18.1. The topological polar surface area (TPSA) is 59.3 Å². The van der Waals surface area contributed by atoms with E-state index in [1.807, 2.05) is 84.4 Å². The summed E-state index contributed by atoms with van der Waals surface area (Å²) in [6, 6.07) is 33.9. The van der Waals surface area contributed by atoms with Crippen molar-refractivity contribution in [1.29, 1.82) is 0 Å². The van der Waals surface area contributed by atoms with Gasteiger partial charge >= 0.3 is 0 Å². The predicted octanol–water partition coefficient (Wildman–Crippen LogP) is 5.76. The van der Waals surface area contributed by atoms with Gasteiger partial charge in [0.2, 0.25) is 0 Å². The third kappa shape index (κ3) is 4.29. The second-order valence-corrected chi connectivity index (χ2v) is 7.80. The van der Waals surface area contributed by atoms with E-state index in [0.29, 0.717) is 5.69 Å². The number of nitrogens with zero attached hydrogens (tertiary/aromatic N) is 3. The van der Waals surface area contributed by atoms with E-state index in [4.69, 9.17) is 0 Å². The summed E-state index contributed by atoms with van der Waals surface area (Å²) in [5.41, 5.74) is 7.65. The molecule has 1 heterocycles. The number of aryl methyl sites for hydroxylation is 1. The number of rotatable bonds is 5. The van der Waals surface area contributed by atoms with Crippen molar-refractivity contribution in [2.75, 3.05) is 0 Å². The number of amides is 1. The molecule has 160 valence electrons. The van der Waals surface area contributed by atoms with Crippen LogP contribution in [-0.2, 0) is 0 Å². The number of carbonyl (C=O) groups is 1. The first-order valence-electron chi connectivity index (χ1n) is 10.7. The molecule has 5 rings (SSSR count). The number of hydrogen-bond acceptors (Lipinski definition) is 3. The van der Waals surface area contributed by atoms with E-state index in [1.165, 1.54) is 0 Å². The molecule has 0 unspecified atom stereocenters. The van der Waals surface area contributed by atoms with Gasteiger partial charge in [0.05, 0.1) is 17.6 Å². The maximum absolute atomic E-state index is 12.9. The van der Waals surface area contributed by atoms with E-state index in [2.05, 4.69) is 46.0 Å². The Labute approximate surface area is 192 Å². The molecule has 0 aliphatic carbocycles. The molecule has 5 aromatic rings. The van der Waals surface area contributed by atoms with Gasteiger partial charge in [0, 0.05) is 5.56 Å². The van der Waals surface area contributed by atoms with Gasteiger partial charge in [-0.3, -0.25) is 4.79 Å². The Morgan fingerprint density at radius 1 is 0.879 bits per heavy atom. The van der Waals surface area contributed by atoms with Crippen molar-refractivity contribution in [3.63, 3.8) is 0 Å². The van der Waals surface area contributed by atoms with Crippen LogP contribution in [0.4, 0.5) is 0 Å². The molecule has 4 aromatic carbocycles. The van der Waals surface area contributed by atoms with Crippen LogP contribution in [-0.4, -0.2) is 21.9 Å². The van der Waals surface area contributed by atoms with Crippen LogP contribution in [0.15, 0.2) is 108 Å². The number of hydrazone groups is 1. The Kier molecular flexibility index (Phi) is 5.52. The fraction of sp³-hybridized carbons (Fsp3) is 0.0357. The monoisotopic (exact) mass is 430 g/mol. The van der Waals surface area contributed by atoms with Crippen molar-refractivity contribution in [2.45, 2.75) is 6.92 Å². The second kappa shape index (κ2) is 8.93. The van der Waals surface area contributed by atoms with Gasteiger partial charge < -0.3 is 0 Å². The third-order valence-electron chi connectivity index (χ3n) is 5.43. The van der Waals surface area contributed by atoms with E-state index in [9.17, 15) is 4.79 Å². The zero-order chi connectivity index (χ0) is 22.6. The lowest BCUT2D eigenvalue weighted by Gasteiger charge is -2.10. The standard InChI is InChI=1S/C28H22N4O/c1-20-9-7-14-23(17-20)32-27(25-16-8-13-22-12-5-6-15-24(22)25)18-26(31-32)28(33)30-29-19-21-10-3-2-4-11-21/h2-19H,1H3,(H,30,33)/b29-19-. The quantitative estimate of drug-likeness (QED) is 0.284. The van der Waals surface area contributed by atoms with Gasteiger partial charge in [-0.25, -0.2) is 10.1 Å². The van der Waals surface area contributed by atoms with Crippen LogP contribution in [0, 0.1) is 6.92 Å². The van der Waals surface area contributed by atoms with Crippen molar-refractivity contribution >= 4 is 22.9 Å². The Hall–Kier alpha value is -4.51. The smallest absolute Gasteiger partial charge is 0.265 e. The first kappa shape index (κ1) is 20.4. The molecule has 1 aromatic heterocycles. The average molecular weight is 431 g/mol. The highest BCUT2D eigenvalue weighted by atomic mass is 16.2. The molecule has 0 radical (unpaired) electrons. The van der Waals surface area contributed by atoms with Crippen LogP contribution in [0.3, 0.4) is 0 Å². The summed E-state index contributed by atoms with van der Waals surface area (Å²) in [6.07, 6.45) is 1.61. The van der Waals surface area contributed by atoms with Crippen molar-refractivity contribution in [3.05, 3.63) is 120 Å². The summed E-state index contributed by atoms with van der Waals surface area (Å²) >= 11 is 0. The number of fused-ring (bicyclic) bond motifs is 1. The van der Waals surface area contributed by atoms with Crippen LogP contribution < -0.4 is 5.43 Å². The SMILES string of the molecule is Cc1cccc(-n2nc(C(=O)N/N=C\c3ccccc3)cc2-c2cccc3ccccc23)c1. The van der Waals surface area contributed by atoms with E-state index in [1.54, 1.807) is 6.21 Å². The Morgan fingerprint density at radius 3 is 2.48 bits per heavy atom. The lowest BCUT2D eigenvalue weighted by molar-refractivity contribution is 0.0949.